The Bertz CT molecular complexity index is 282. The summed E-state index contributed by atoms with van der Waals surface area (Å²) in [6.45, 7) is 5.51. The van der Waals surface area contributed by atoms with E-state index in [-0.39, 0.29) is 0 Å². The second-order valence-electron chi connectivity index (χ2n) is 4.84. The maximum Gasteiger partial charge on any atom is 0.0655 e. The quantitative estimate of drug-likeness (QED) is 0.719. The Labute approximate surface area is 86.3 Å². The highest BCUT2D eigenvalue weighted by Gasteiger charge is 2.19. The molecule has 0 unspecified atom stereocenters. The van der Waals surface area contributed by atoms with Crippen LogP contribution in [0.15, 0.2) is 12.3 Å². The van der Waals surface area contributed by atoms with E-state index in [1.807, 2.05) is 0 Å². The van der Waals surface area contributed by atoms with Crippen LogP contribution in [0.3, 0.4) is 0 Å². The highest BCUT2D eigenvalue weighted by Crippen LogP contribution is 2.32. The molecule has 0 amide bonds. The third-order valence-corrected chi connectivity index (χ3v) is 2.99. The predicted molar refractivity (Wildman–Crippen MR) is 58.3 cm³/mol. The summed E-state index contributed by atoms with van der Waals surface area (Å²) in [6.07, 6.45) is 7.61. The van der Waals surface area contributed by atoms with Crippen LogP contribution in [0.2, 0.25) is 0 Å². The van der Waals surface area contributed by atoms with Crippen LogP contribution in [-0.2, 0) is 6.54 Å². The van der Waals surface area contributed by atoms with Crippen molar-refractivity contribution < 1.29 is 0 Å². The predicted octanol–water partition coefficient (Wildman–Crippen LogP) is 3.20. The standard InChI is InChI=1S/C12H20N2/c1-10(2)9-14-8-7-12(13-14)11-5-3-4-6-11/h7-8,10-11H,3-6,9H2,1-2H3. The molecule has 14 heavy (non-hydrogen) atoms. The van der Waals surface area contributed by atoms with Gasteiger partial charge in [0, 0.05) is 18.7 Å². The molecule has 0 aromatic carbocycles. The molecule has 1 aromatic rings. The lowest BCUT2D eigenvalue weighted by Crippen LogP contribution is -2.06. The number of rotatable bonds is 3. The molecule has 78 valence electrons. The molecule has 2 nitrogen and oxygen atoms in total. The van der Waals surface area contributed by atoms with E-state index >= 15 is 0 Å². The topological polar surface area (TPSA) is 17.8 Å². The molecule has 1 heterocycles. The fraction of sp³-hybridized carbons (Fsp3) is 0.750. The Morgan fingerprint density at radius 3 is 2.79 bits per heavy atom. The lowest BCUT2D eigenvalue weighted by atomic mass is 10.1. The minimum atomic E-state index is 0.686. The molecule has 0 aliphatic heterocycles. The second kappa shape index (κ2) is 4.16. The summed E-state index contributed by atoms with van der Waals surface area (Å²) >= 11 is 0. The molecule has 1 aliphatic carbocycles. The first-order valence-corrected chi connectivity index (χ1v) is 5.79. The van der Waals surface area contributed by atoms with Crippen LogP contribution < -0.4 is 0 Å². The fourth-order valence-corrected chi connectivity index (χ4v) is 2.29. The molecule has 0 N–H and O–H groups in total. The van der Waals surface area contributed by atoms with Gasteiger partial charge in [-0.3, -0.25) is 4.68 Å². The summed E-state index contributed by atoms with van der Waals surface area (Å²) in [6, 6.07) is 2.21. The van der Waals surface area contributed by atoms with Gasteiger partial charge in [0.25, 0.3) is 0 Å². The number of nitrogens with zero attached hydrogens (tertiary/aromatic N) is 2. The van der Waals surface area contributed by atoms with E-state index in [0.717, 1.165) is 12.5 Å². The molecule has 2 heteroatoms. The number of hydrogen-bond donors (Lipinski definition) is 0. The first-order chi connectivity index (χ1) is 6.75. The van der Waals surface area contributed by atoms with Gasteiger partial charge in [-0.05, 0) is 24.8 Å². The molecular formula is C12H20N2. The van der Waals surface area contributed by atoms with Gasteiger partial charge in [-0.2, -0.15) is 5.10 Å². The zero-order chi connectivity index (χ0) is 9.97. The maximum atomic E-state index is 4.65. The Hall–Kier alpha value is -0.790. The van der Waals surface area contributed by atoms with E-state index in [2.05, 4.69) is 35.9 Å². The van der Waals surface area contributed by atoms with Gasteiger partial charge in [0.15, 0.2) is 0 Å². The molecule has 0 spiro atoms. The summed E-state index contributed by atoms with van der Waals surface area (Å²) < 4.78 is 2.10. The maximum absolute atomic E-state index is 4.65. The molecule has 1 aromatic heterocycles. The SMILES string of the molecule is CC(C)Cn1ccc(C2CCCC2)n1. The van der Waals surface area contributed by atoms with Crippen molar-refractivity contribution >= 4 is 0 Å². The lowest BCUT2D eigenvalue weighted by molar-refractivity contribution is 0.476. The minimum absolute atomic E-state index is 0.686. The van der Waals surface area contributed by atoms with Crippen molar-refractivity contribution in [2.45, 2.75) is 52.0 Å². The van der Waals surface area contributed by atoms with Gasteiger partial charge in [-0.15, -0.1) is 0 Å². The Morgan fingerprint density at radius 1 is 1.43 bits per heavy atom. The first-order valence-electron chi connectivity index (χ1n) is 5.79. The van der Waals surface area contributed by atoms with E-state index in [9.17, 15) is 0 Å². The van der Waals surface area contributed by atoms with Gasteiger partial charge in [0.1, 0.15) is 0 Å². The minimum Gasteiger partial charge on any atom is -0.272 e. The molecule has 2 rings (SSSR count). The van der Waals surface area contributed by atoms with Gasteiger partial charge >= 0.3 is 0 Å². The van der Waals surface area contributed by atoms with Gasteiger partial charge in [0.2, 0.25) is 0 Å². The second-order valence-corrected chi connectivity index (χ2v) is 4.84. The van der Waals surface area contributed by atoms with E-state index in [0.29, 0.717) is 5.92 Å². The van der Waals surface area contributed by atoms with E-state index in [1.165, 1.54) is 31.4 Å². The highest BCUT2D eigenvalue weighted by atomic mass is 15.3. The highest BCUT2D eigenvalue weighted by molar-refractivity contribution is 5.07. The van der Waals surface area contributed by atoms with Crippen LogP contribution in [0.25, 0.3) is 0 Å². The van der Waals surface area contributed by atoms with Gasteiger partial charge in [0.05, 0.1) is 5.69 Å². The zero-order valence-electron chi connectivity index (χ0n) is 9.24. The van der Waals surface area contributed by atoms with Crippen molar-refractivity contribution in [3.8, 4) is 0 Å². The van der Waals surface area contributed by atoms with Crippen molar-refractivity contribution in [2.75, 3.05) is 0 Å². The molecular weight excluding hydrogens is 172 g/mol. The third kappa shape index (κ3) is 2.17. The number of aromatic nitrogens is 2. The Balaban J connectivity index is 2.01. The third-order valence-electron chi connectivity index (χ3n) is 2.99. The van der Waals surface area contributed by atoms with Crippen molar-refractivity contribution in [1.82, 2.24) is 9.78 Å². The normalized spacial score (nSPS) is 18.2. The zero-order valence-corrected chi connectivity index (χ0v) is 9.24. The van der Waals surface area contributed by atoms with Gasteiger partial charge in [-0.25, -0.2) is 0 Å². The van der Waals surface area contributed by atoms with Crippen molar-refractivity contribution in [3.63, 3.8) is 0 Å². The summed E-state index contributed by atoms with van der Waals surface area (Å²) in [4.78, 5) is 0. The van der Waals surface area contributed by atoms with E-state index < -0.39 is 0 Å². The molecule has 0 radical (unpaired) electrons. The van der Waals surface area contributed by atoms with Crippen LogP contribution in [-0.4, -0.2) is 9.78 Å². The average molecular weight is 192 g/mol. The summed E-state index contributed by atoms with van der Waals surface area (Å²) in [5.41, 5.74) is 1.32. The lowest BCUT2D eigenvalue weighted by Gasteiger charge is -2.06. The molecule has 0 atom stereocenters. The number of hydrogen-bond acceptors (Lipinski definition) is 1. The summed E-state index contributed by atoms with van der Waals surface area (Å²) in [5.74, 6) is 1.44. The molecule has 1 aliphatic rings. The van der Waals surface area contributed by atoms with E-state index in [4.69, 9.17) is 0 Å². The Morgan fingerprint density at radius 2 is 2.14 bits per heavy atom. The van der Waals surface area contributed by atoms with Crippen LogP contribution >= 0.6 is 0 Å². The smallest absolute Gasteiger partial charge is 0.0655 e. The molecule has 1 saturated carbocycles. The average Bonchev–Trinajstić information content (AvgIpc) is 2.69. The van der Waals surface area contributed by atoms with Crippen molar-refractivity contribution in [1.29, 1.82) is 0 Å². The monoisotopic (exact) mass is 192 g/mol. The van der Waals surface area contributed by atoms with Crippen molar-refractivity contribution in [3.05, 3.63) is 18.0 Å². The molecule has 0 saturated heterocycles. The van der Waals surface area contributed by atoms with Crippen LogP contribution in [0.5, 0.6) is 0 Å². The largest absolute Gasteiger partial charge is 0.272 e. The van der Waals surface area contributed by atoms with Gasteiger partial charge in [-0.1, -0.05) is 26.7 Å². The van der Waals surface area contributed by atoms with Crippen LogP contribution in [0.4, 0.5) is 0 Å². The van der Waals surface area contributed by atoms with Crippen molar-refractivity contribution in [2.24, 2.45) is 5.92 Å². The fourth-order valence-electron chi connectivity index (χ4n) is 2.29. The molecule has 0 bridgehead atoms. The van der Waals surface area contributed by atoms with Crippen LogP contribution in [0.1, 0.15) is 51.1 Å². The summed E-state index contributed by atoms with van der Waals surface area (Å²) in [7, 11) is 0. The van der Waals surface area contributed by atoms with E-state index in [1.54, 1.807) is 0 Å². The summed E-state index contributed by atoms with van der Waals surface area (Å²) in [5, 5.41) is 4.65. The van der Waals surface area contributed by atoms with Gasteiger partial charge < -0.3 is 0 Å². The first kappa shape index (κ1) is 9.75. The van der Waals surface area contributed by atoms with Crippen LogP contribution in [0, 0.1) is 5.92 Å². The molecule has 1 fully saturated rings. The Kier molecular flexibility index (Phi) is 2.90.